The number of aromatic nitrogens is 3. The number of piperidine rings is 1. The summed E-state index contributed by atoms with van der Waals surface area (Å²) in [5.74, 6) is 1.37. The fourth-order valence-electron chi connectivity index (χ4n) is 4.28. The Morgan fingerprint density at radius 3 is 2.86 bits per heavy atom. The first-order valence-corrected chi connectivity index (χ1v) is 10.4. The number of carbonyl (C=O) groups is 1. The minimum atomic E-state index is -0.104. The molecule has 4 heterocycles. The van der Waals surface area contributed by atoms with Gasteiger partial charge in [-0.25, -0.2) is 4.98 Å². The molecule has 1 spiro atoms. The van der Waals surface area contributed by atoms with E-state index in [9.17, 15) is 4.79 Å². The van der Waals surface area contributed by atoms with E-state index >= 15 is 0 Å². The van der Waals surface area contributed by atoms with Crippen molar-refractivity contribution in [1.29, 1.82) is 0 Å². The molecule has 1 unspecified atom stereocenters. The second-order valence-corrected chi connectivity index (χ2v) is 8.05. The molecule has 7 nitrogen and oxygen atoms in total. The zero-order valence-corrected chi connectivity index (χ0v) is 16.9. The summed E-state index contributed by atoms with van der Waals surface area (Å²) >= 11 is 0. The fourth-order valence-corrected chi connectivity index (χ4v) is 4.28. The molecule has 0 bridgehead atoms. The first-order chi connectivity index (χ1) is 14.1. The Morgan fingerprint density at radius 1 is 1.28 bits per heavy atom. The minimum Gasteiger partial charge on any atom is -0.492 e. The van der Waals surface area contributed by atoms with Crippen LogP contribution in [0.5, 0.6) is 5.75 Å². The lowest BCUT2D eigenvalue weighted by Crippen LogP contribution is -2.51. The molecule has 2 fully saturated rings. The van der Waals surface area contributed by atoms with E-state index in [0.717, 1.165) is 50.2 Å². The smallest absolute Gasteiger partial charge is 0.274 e. The topological polar surface area (TPSA) is 77.4 Å². The highest BCUT2D eigenvalue weighted by Crippen LogP contribution is 2.39. The fraction of sp³-hybridized carbons (Fsp3) is 0.545. The molecule has 29 heavy (non-hydrogen) atoms. The maximum absolute atomic E-state index is 12.7. The molecule has 2 aromatic rings. The maximum Gasteiger partial charge on any atom is 0.274 e. The number of aryl methyl sites for hydroxylation is 1. The number of nitrogens with zero attached hydrogens (tertiary/aromatic N) is 4. The van der Waals surface area contributed by atoms with Crippen LogP contribution in [-0.2, 0) is 4.74 Å². The normalized spacial score (nSPS) is 21.1. The highest BCUT2D eigenvalue weighted by Gasteiger charge is 2.41. The number of pyridine rings is 1. The standard InChI is InChI=1S/C22H28N4O3/c1-17-14-25-20(16-24-17)21(27)26-9-6-22(7-10-26)13-18(5-12-29-22)4-11-28-19-3-2-8-23-15-19/h2-3,8,14-16,18H,4-7,9-13H2,1H3. The third-order valence-electron chi connectivity index (χ3n) is 5.99. The molecule has 2 aromatic heterocycles. The molecule has 7 heteroatoms. The molecule has 0 N–H and O–H groups in total. The Hall–Kier alpha value is -2.54. The highest BCUT2D eigenvalue weighted by molar-refractivity contribution is 5.92. The molecule has 1 amide bonds. The molecule has 0 radical (unpaired) electrons. The molecular weight excluding hydrogens is 368 g/mol. The minimum absolute atomic E-state index is 0.0374. The molecule has 154 valence electrons. The van der Waals surface area contributed by atoms with Gasteiger partial charge in [0, 0.05) is 32.1 Å². The van der Waals surface area contributed by atoms with Gasteiger partial charge in [-0.2, -0.15) is 0 Å². The number of hydrogen-bond donors (Lipinski definition) is 0. The Morgan fingerprint density at radius 2 is 2.14 bits per heavy atom. The molecule has 0 aliphatic carbocycles. The summed E-state index contributed by atoms with van der Waals surface area (Å²) in [5, 5.41) is 0. The molecule has 2 saturated heterocycles. The van der Waals surface area contributed by atoms with Crippen LogP contribution < -0.4 is 4.74 Å². The van der Waals surface area contributed by atoms with Crippen LogP contribution in [0.2, 0.25) is 0 Å². The van der Waals surface area contributed by atoms with Gasteiger partial charge in [-0.05, 0) is 57.1 Å². The SMILES string of the molecule is Cc1cnc(C(=O)N2CCC3(CC2)CC(CCOc2cccnc2)CCO3)cn1. The van der Waals surface area contributed by atoms with Gasteiger partial charge in [-0.1, -0.05) is 0 Å². The van der Waals surface area contributed by atoms with Crippen LogP contribution in [0.4, 0.5) is 0 Å². The molecular formula is C22H28N4O3. The first-order valence-electron chi connectivity index (χ1n) is 10.4. The van der Waals surface area contributed by atoms with Crippen LogP contribution in [0, 0.1) is 12.8 Å². The second-order valence-electron chi connectivity index (χ2n) is 8.05. The third kappa shape index (κ3) is 4.90. The predicted molar refractivity (Wildman–Crippen MR) is 108 cm³/mol. The predicted octanol–water partition coefficient (Wildman–Crippen LogP) is 3.05. The number of rotatable bonds is 5. The lowest BCUT2D eigenvalue weighted by Gasteiger charge is -2.46. The Bertz CT molecular complexity index is 805. The summed E-state index contributed by atoms with van der Waals surface area (Å²) in [6, 6.07) is 3.82. The van der Waals surface area contributed by atoms with Gasteiger partial charge in [0.25, 0.3) is 5.91 Å². The number of ether oxygens (including phenoxy) is 2. The number of hydrogen-bond acceptors (Lipinski definition) is 6. The van der Waals surface area contributed by atoms with Crippen molar-refractivity contribution < 1.29 is 14.3 Å². The van der Waals surface area contributed by atoms with Crippen LogP contribution in [-0.4, -0.2) is 57.7 Å². The second kappa shape index (κ2) is 8.86. The average Bonchev–Trinajstić information content (AvgIpc) is 2.75. The molecule has 4 rings (SSSR count). The van der Waals surface area contributed by atoms with Crippen molar-refractivity contribution in [3.05, 3.63) is 48.3 Å². The van der Waals surface area contributed by atoms with Crippen molar-refractivity contribution in [2.75, 3.05) is 26.3 Å². The summed E-state index contributed by atoms with van der Waals surface area (Å²) in [6.07, 6.45) is 11.6. The lowest BCUT2D eigenvalue weighted by molar-refractivity contribution is -0.125. The van der Waals surface area contributed by atoms with E-state index in [1.54, 1.807) is 24.8 Å². The average molecular weight is 396 g/mol. The van der Waals surface area contributed by atoms with Crippen LogP contribution in [0.25, 0.3) is 0 Å². The third-order valence-corrected chi connectivity index (χ3v) is 5.99. The van der Waals surface area contributed by atoms with Gasteiger partial charge in [0.15, 0.2) is 0 Å². The first kappa shape index (κ1) is 19.8. The number of carbonyl (C=O) groups excluding carboxylic acids is 1. The quantitative estimate of drug-likeness (QED) is 0.773. The van der Waals surface area contributed by atoms with E-state index < -0.39 is 0 Å². The van der Waals surface area contributed by atoms with E-state index in [2.05, 4.69) is 15.0 Å². The molecule has 0 saturated carbocycles. The van der Waals surface area contributed by atoms with Gasteiger partial charge in [-0.15, -0.1) is 0 Å². The largest absolute Gasteiger partial charge is 0.492 e. The molecule has 2 aliphatic heterocycles. The van der Waals surface area contributed by atoms with Crippen molar-refractivity contribution in [2.45, 2.75) is 44.6 Å². The maximum atomic E-state index is 12.7. The summed E-state index contributed by atoms with van der Waals surface area (Å²) in [7, 11) is 0. The lowest BCUT2D eigenvalue weighted by atomic mass is 9.78. The van der Waals surface area contributed by atoms with Gasteiger partial charge in [-0.3, -0.25) is 14.8 Å². The van der Waals surface area contributed by atoms with Crippen molar-refractivity contribution in [2.24, 2.45) is 5.92 Å². The van der Waals surface area contributed by atoms with Crippen LogP contribution in [0.1, 0.15) is 48.3 Å². The molecule has 0 aromatic carbocycles. The summed E-state index contributed by atoms with van der Waals surface area (Å²) in [4.78, 5) is 27.1. The summed E-state index contributed by atoms with van der Waals surface area (Å²) in [5.41, 5.74) is 1.13. The van der Waals surface area contributed by atoms with E-state index in [0.29, 0.717) is 31.3 Å². The van der Waals surface area contributed by atoms with Gasteiger partial charge < -0.3 is 14.4 Å². The monoisotopic (exact) mass is 396 g/mol. The Balaban J connectivity index is 1.27. The van der Waals surface area contributed by atoms with Crippen molar-refractivity contribution in [3.8, 4) is 5.75 Å². The zero-order valence-electron chi connectivity index (χ0n) is 16.9. The summed E-state index contributed by atoms with van der Waals surface area (Å²) < 4.78 is 12.1. The van der Waals surface area contributed by atoms with E-state index in [4.69, 9.17) is 9.47 Å². The molecule has 2 aliphatic rings. The van der Waals surface area contributed by atoms with Gasteiger partial charge in [0.05, 0.1) is 30.3 Å². The van der Waals surface area contributed by atoms with Crippen molar-refractivity contribution >= 4 is 5.91 Å². The van der Waals surface area contributed by atoms with Gasteiger partial charge >= 0.3 is 0 Å². The van der Waals surface area contributed by atoms with Crippen molar-refractivity contribution in [3.63, 3.8) is 0 Å². The number of amides is 1. The van der Waals surface area contributed by atoms with Crippen LogP contribution in [0.15, 0.2) is 36.9 Å². The highest BCUT2D eigenvalue weighted by atomic mass is 16.5. The Labute approximate surface area is 171 Å². The van der Waals surface area contributed by atoms with Crippen LogP contribution >= 0.6 is 0 Å². The zero-order chi connectivity index (χ0) is 20.1. The van der Waals surface area contributed by atoms with E-state index in [1.165, 1.54) is 0 Å². The Kier molecular flexibility index (Phi) is 6.04. The van der Waals surface area contributed by atoms with Crippen molar-refractivity contribution in [1.82, 2.24) is 19.9 Å². The number of likely N-dealkylation sites (tertiary alicyclic amines) is 1. The summed E-state index contributed by atoms with van der Waals surface area (Å²) in [6.45, 7) is 4.75. The van der Waals surface area contributed by atoms with E-state index in [-0.39, 0.29) is 11.5 Å². The van der Waals surface area contributed by atoms with Gasteiger partial charge in [0.2, 0.25) is 0 Å². The molecule has 1 atom stereocenters. The van der Waals surface area contributed by atoms with Crippen LogP contribution in [0.3, 0.4) is 0 Å². The van der Waals surface area contributed by atoms with E-state index in [1.807, 2.05) is 24.0 Å². The van der Waals surface area contributed by atoms with Gasteiger partial charge in [0.1, 0.15) is 11.4 Å².